The summed E-state index contributed by atoms with van der Waals surface area (Å²) in [6, 6.07) is 2.89. The first-order valence-corrected chi connectivity index (χ1v) is 5.31. The number of halogens is 3. The monoisotopic (exact) mass is 272 g/mol. The molecule has 19 heavy (non-hydrogen) atoms. The predicted molar refractivity (Wildman–Crippen MR) is 61.1 cm³/mol. The van der Waals surface area contributed by atoms with Gasteiger partial charge in [0.15, 0.2) is 17.6 Å². The molecule has 0 aliphatic carbocycles. The molecule has 0 saturated heterocycles. The van der Waals surface area contributed by atoms with Crippen LogP contribution in [0.25, 0.3) is 0 Å². The maximum absolute atomic E-state index is 12.4. The quantitative estimate of drug-likeness (QED) is 0.623. The Bertz CT molecular complexity index is 510. The zero-order valence-electron chi connectivity index (χ0n) is 10.2. The predicted octanol–water partition coefficient (Wildman–Crippen LogP) is 3.34. The standard InChI is InChI=1S/C12H11F3N2O2/c1-7(18)11(8(2)19)17-16-10-5-3-4-9(6-10)12(13,14)15/h3-6,11H,1-2H3. The second-order valence-electron chi connectivity index (χ2n) is 3.89. The van der Waals surface area contributed by atoms with Crippen LogP contribution in [0.1, 0.15) is 19.4 Å². The molecule has 0 atom stereocenters. The fourth-order valence-corrected chi connectivity index (χ4v) is 1.32. The molecule has 0 unspecified atom stereocenters. The van der Waals surface area contributed by atoms with Gasteiger partial charge in [-0.15, -0.1) is 0 Å². The highest BCUT2D eigenvalue weighted by atomic mass is 19.4. The molecule has 0 heterocycles. The summed E-state index contributed by atoms with van der Waals surface area (Å²) >= 11 is 0. The van der Waals surface area contributed by atoms with Crippen LogP contribution in [0.5, 0.6) is 0 Å². The van der Waals surface area contributed by atoms with Crippen LogP contribution in [0.2, 0.25) is 0 Å². The van der Waals surface area contributed by atoms with Crippen molar-refractivity contribution in [1.29, 1.82) is 0 Å². The van der Waals surface area contributed by atoms with Crippen molar-refractivity contribution in [3.05, 3.63) is 29.8 Å². The summed E-state index contributed by atoms with van der Waals surface area (Å²) in [5.74, 6) is -1.02. The van der Waals surface area contributed by atoms with Gasteiger partial charge in [0.2, 0.25) is 0 Å². The molecule has 0 fully saturated rings. The maximum atomic E-state index is 12.4. The van der Waals surface area contributed by atoms with Gasteiger partial charge in [-0.2, -0.15) is 23.4 Å². The van der Waals surface area contributed by atoms with Crippen LogP contribution in [0.3, 0.4) is 0 Å². The highest BCUT2D eigenvalue weighted by Gasteiger charge is 2.30. The molecule has 0 bridgehead atoms. The first kappa shape index (κ1) is 15.0. The number of ketones is 2. The van der Waals surface area contributed by atoms with Crippen LogP contribution in [0.4, 0.5) is 18.9 Å². The van der Waals surface area contributed by atoms with E-state index in [1.165, 1.54) is 12.1 Å². The van der Waals surface area contributed by atoms with Crippen LogP contribution in [-0.2, 0) is 15.8 Å². The first-order chi connectivity index (χ1) is 8.71. The smallest absolute Gasteiger partial charge is 0.297 e. The Kier molecular flexibility index (Phi) is 4.52. The molecule has 4 nitrogen and oxygen atoms in total. The van der Waals surface area contributed by atoms with Gasteiger partial charge in [-0.3, -0.25) is 9.59 Å². The van der Waals surface area contributed by atoms with Crippen molar-refractivity contribution < 1.29 is 22.8 Å². The third kappa shape index (κ3) is 4.27. The number of carbonyl (C=O) groups excluding carboxylic acids is 2. The third-order valence-corrected chi connectivity index (χ3v) is 2.23. The topological polar surface area (TPSA) is 58.9 Å². The van der Waals surface area contributed by atoms with E-state index in [0.29, 0.717) is 0 Å². The highest BCUT2D eigenvalue weighted by molar-refractivity contribution is 6.04. The van der Waals surface area contributed by atoms with Crippen molar-refractivity contribution in [3.8, 4) is 0 Å². The molecular formula is C12H11F3N2O2. The molecule has 0 radical (unpaired) electrons. The van der Waals surface area contributed by atoms with Gasteiger partial charge in [-0.1, -0.05) is 6.07 Å². The Labute approximate surface area is 107 Å². The molecule has 1 aromatic carbocycles. The Morgan fingerprint density at radius 2 is 1.74 bits per heavy atom. The Hall–Kier alpha value is -2.05. The van der Waals surface area contributed by atoms with Crippen LogP contribution in [-0.4, -0.2) is 17.6 Å². The van der Waals surface area contributed by atoms with E-state index in [1.807, 2.05) is 0 Å². The van der Waals surface area contributed by atoms with Crippen molar-refractivity contribution in [3.63, 3.8) is 0 Å². The minimum atomic E-state index is -4.48. The highest BCUT2D eigenvalue weighted by Crippen LogP contribution is 2.31. The van der Waals surface area contributed by atoms with Gasteiger partial charge in [0.05, 0.1) is 11.3 Å². The number of benzene rings is 1. The summed E-state index contributed by atoms with van der Waals surface area (Å²) in [5.41, 5.74) is -0.937. The molecule has 7 heteroatoms. The fraction of sp³-hybridized carbons (Fsp3) is 0.333. The average Bonchev–Trinajstić information content (AvgIpc) is 2.27. The van der Waals surface area contributed by atoms with E-state index in [0.717, 1.165) is 26.0 Å². The number of hydrogen-bond acceptors (Lipinski definition) is 4. The number of rotatable bonds is 4. The number of alkyl halides is 3. The molecular weight excluding hydrogens is 261 g/mol. The van der Waals surface area contributed by atoms with Crippen molar-refractivity contribution in [2.24, 2.45) is 10.2 Å². The van der Waals surface area contributed by atoms with E-state index >= 15 is 0 Å². The van der Waals surface area contributed by atoms with Crippen molar-refractivity contribution >= 4 is 17.3 Å². The molecule has 0 amide bonds. The lowest BCUT2D eigenvalue weighted by Crippen LogP contribution is -2.23. The van der Waals surface area contributed by atoms with Crippen molar-refractivity contribution in [2.45, 2.75) is 26.1 Å². The van der Waals surface area contributed by atoms with Gasteiger partial charge >= 0.3 is 6.18 Å². The van der Waals surface area contributed by atoms with E-state index in [1.54, 1.807) is 0 Å². The van der Waals surface area contributed by atoms with Gasteiger partial charge in [0.1, 0.15) is 0 Å². The minimum Gasteiger partial charge on any atom is -0.297 e. The van der Waals surface area contributed by atoms with E-state index in [9.17, 15) is 22.8 Å². The van der Waals surface area contributed by atoms with Crippen LogP contribution < -0.4 is 0 Å². The molecule has 1 aromatic rings. The number of hydrogen-bond donors (Lipinski definition) is 0. The molecule has 0 N–H and O–H groups in total. The van der Waals surface area contributed by atoms with Gasteiger partial charge in [-0.05, 0) is 32.0 Å². The summed E-state index contributed by atoms with van der Waals surface area (Å²) in [6.45, 7) is 2.33. The summed E-state index contributed by atoms with van der Waals surface area (Å²) < 4.78 is 37.3. The largest absolute Gasteiger partial charge is 0.416 e. The lowest BCUT2D eigenvalue weighted by atomic mass is 10.1. The lowest BCUT2D eigenvalue weighted by Gasteiger charge is -2.06. The molecule has 1 rings (SSSR count). The average molecular weight is 272 g/mol. The SMILES string of the molecule is CC(=O)C(N=Nc1cccc(C(F)(F)F)c1)C(C)=O. The normalized spacial score (nSPS) is 12.1. The van der Waals surface area contributed by atoms with E-state index in [-0.39, 0.29) is 5.69 Å². The minimum absolute atomic E-state index is 0.0673. The Balaban J connectivity index is 2.99. The van der Waals surface area contributed by atoms with Crippen molar-refractivity contribution in [1.82, 2.24) is 0 Å². The zero-order valence-corrected chi connectivity index (χ0v) is 10.2. The number of nitrogens with zero attached hydrogens (tertiary/aromatic N) is 2. The first-order valence-electron chi connectivity index (χ1n) is 5.31. The zero-order chi connectivity index (χ0) is 14.6. The van der Waals surface area contributed by atoms with Crippen LogP contribution in [0, 0.1) is 0 Å². The molecule has 0 aliphatic heterocycles. The van der Waals surface area contributed by atoms with Crippen LogP contribution in [0.15, 0.2) is 34.5 Å². The molecule has 0 spiro atoms. The lowest BCUT2D eigenvalue weighted by molar-refractivity contribution is -0.137. The second-order valence-corrected chi connectivity index (χ2v) is 3.89. The van der Waals surface area contributed by atoms with Crippen molar-refractivity contribution in [2.75, 3.05) is 0 Å². The van der Waals surface area contributed by atoms with Gasteiger partial charge in [-0.25, -0.2) is 0 Å². The number of carbonyl (C=O) groups is 2. The Morgan fingerprint density at radius 3 is 2.21 bits per heavy atom. The van der Waals surface area contributed by atoms with E-state index in [2.05, 4.69) is 10.2 Å². The summed E-state index contributed by atoms with van der Waals surface area (Å²) in [7, 11) is 0. The fourth-order valence-electron chi connectivity index (χ4n) is 1.32. The molecule has 0 aromatic heterocycles. The van der Waals surface area contributed by atoms with Gasteiger partial charge < -0.3 is 0 Å². The maximum Gasteiger partial charge on any atom is 0.416 e. The van der Waals surface area contributed by atoms with Gasteiger partial charge in [0, 0.05) is 0 Å². The number of Topliss-reactive ketones (excluding diaryl/α,β-unsaturated/α-hetero) is 2. The van der Waals surface area contributed by atoms with E-state index in [4.69, 9.17) is 0 Å². The summed E-state index contributed by atoms with van der Waals surface area (Å²) in [5, 5.41) is 6.98. The van der Waals surface area contributed by atoms with Crippen LogP contribution >= 0.6 is 0 Å². The molecule has 0 aliphatic rings. The second kappa shape index (κ2) is 5.73. The van der Waals surface area contributed by atoms with Gasteiger partial charge in [0.25, 0.3) is 0 Å². The van der Waals surface area contributed by atoms with E-state index < -0.39 is 29.3 Å². The summed E-state index contributed by atoms with van der Waals surface area (Å²) in [6.07, 6.45) is -4.48. The summed E-state index contributed by atoms with van der Waals surface area (Å²) in [4.78, 5) is 22.2. The molecule has 0 saturated carbocycles. The molecule has 102 valence electrons. The Morgan fingerprint density at radius 1 is 1.16 bits per heavy atom. The third-order valence-electron chi connectivity index (χ3n) is 2.23. The number of azo groups is 1.